The van der Waals surface area contributed by atoms with Gasteiger partial charge in [0, 0.05) is 7.05 Å². The van der Waals surface area contributed by atoms with E-state index in [1.54, 1.807) is 0 Å². The molecule has 0 aliphatic rings. The first-order valence-electron chi connectivity index (χ1n) is 6.99. The Morgan fingerprint density at radius 3 is 2.36 bits per heavy atom. The lowest BCUT2D eigenvalue weighted by Crippen LogP contribution is -2.26. The highest BCUT2D eigenvalue weighted by molar-refractivity contribution is 7.92. The number of rotatable bonds is 5. The SMILES string of the molecule is C#CCOc1ccc(N(C)S(=O)(=O)c2cccc(C(F)(F)F)c2)cc1. The Morgan fingerprint density at radius 1 is 1.16 bits per heavy atom. The number of halogens is 3. The Kier molecular flexibility index (Phi) is 5.28. The van der Waals surface area contributed by atoms with Gasteiger partial charge in [0.2, 0.25) is 0 Å². The number of benzene rings is 2. The lowest BCUT2D eigenvalue weighted by Gasteiger charge is -2.20. The molecule has 0 fully saturated rings. The fraction of sp³-hybridized carbons (Fsp3) is 0.176. The van der Waals surface area contributed by atoms with Gasteiger partial charge in [-0.2, -0.15) is 13.2 Å². The summed E-state index contributed by atoms with van der Waals surface area (Å²) in [5, 5.41) is 0. The van der Waals surface area contributed by atoms with Crippen molar-refractivity contribution in [3.63, 3.8) is 0 Å². The number of anilines is 1. The standard InChI is InChI=1S/C17H14F3NO3S/c1-3-11-24-15-9-7-14(8-10-15)21(2)25(22,23)16-6-4-5-13(12-16)17(18,19)20/h1,4-10,12H,11H2,2H3. The molecule has 0 amide bonds. The zero-order valence-electron chi connectivity index (χ0n) is 13.1. The van der Waals surface area contributed by atoms with Crippen molar-refractivity contribution in [1.82, 2.24) is 0 Å². The lowest BCUT2D eigenvalue weighted by molar-refractivity contribution is -0.137. The Balaban J connectivity index is 2.32. The van der Waals surface area contributed by atoms with Crippen LogP contribution in [0.15, 0.2) is 53.4 Å². The van der Waals surface area contributed by atoms with Crippen LogP contribution in [0.25, 0.3) is 0 Å². The minimum atomic E-state index is -4.62. The molecule has 0 atom stereocenters. The molecule has 0 aliphatic heterocycles. The van der Waals surface area contributed by atoms with Gasteiger partial charge in [0.05, 0.1) is 16.1 Å². The van der Waals surface area contributed by atoms with Gasteiger partial charge in [0.15, 0.2) is 0 Å². The van der Waals surface area contributed by atoms with Gasteiger partial charge in [-0.15, -0.1) is 6.42 Å². The van der Waals surface area contributed by atoms with Crippen molar-refractivity contribution in [2.24, 2.45) is 0 Å². The molecule has 132 valence electrons. The quantitative estimate of drug-likeness (QED) is 0.758. The molecule has 0 radical (unpaired) electrons. The second kappa shape index (κ2) is 7.07. The molecule has 0 spiro atoms. The van der Waals surface area contributed by atoms with E-state index in [2.05, 4.69) is 5.92 Å². The van der Waals surface area contributed by atoms with Crippen LogP contribution in [0, 0.1) is 12.3 Å². The van der Waals surface area contributed by atoms with Crippen molar-refractivity contribution >= 4 is 15.7 Å². The molecule has 0 N–H and O–H groups in total. The van der Waals surface area contributed by atoms with Crippen LogP contribution < -0.4 is 9.04 Å². The number of sulfonamides is 1. The third-order valence-corrected chi connectivity index (χ3v) is 5.12. The van der Waals surface area contributed by atoms with Gasteiger partial charge in [0.1, 0.15) is 12.4 Å². The van der Waals surface area contributed by atoms with Crippen molar-refractivity contribution in [2.45, 2.75) is 11.1 Å². The first kappa shape index (κ1) is 18.7. The van der Waals surface area contributed by atoms with E-state index in [-0.39, 0.29) is 12.3 Å². The minimum Gasteiger partial charge on any atom is -0.481 e. The van der Waals surface area contributed by atoms with Gasteiger partial charge in [0.25, 0.3) is 10.0 Å². The van der Waals surface area contributed by atoms with E-state index < -0.39 is 26.7 Å². The van der Waals surface area contributed by atoms with Crippen molar-refractivity contribution in [1.29, 1.82) is 0 Å². The summed E-state index contributed by atoms with van der Waals surface area (Å²) in [7, 11) is -2.89. The van der Waals surface area contributed by atoms with E-state index >= 15 is 0 Å². The maximum Gasteiger partial charge on any atom is 0.416 e. The third-order valence-electron chi connectivity index (χ3n) is 3.34. The molecule has 8 heteroatoms. The average molecular weight is 369 g/mol. The minimum absolute atomic E-state index is 0.0672. The average Bonchev–Trinajstić information content (AvgIpc) is 2.59. The molecule has 2 rings (SSSR count). The van der Waals surface area contributed by atoms with E-state index in [1.807, 2.05) is 0 Å². The zero-order valence-corrected chi connectivity index (χ0v) is 13.9. The van der Waals surface area contributed by atoms with Crippen LogP contribution in [-0.4, -0.2) is 22.1 Å². The molecule has 4 nitrogen and oxygen atoms in total. The van der Waals surface area contributed by atoms with Crippen LogP contribution in [0.5, 0.6) is 5.75 Å². The lowest BCUT2D eigenvalue weighted by atomic mass is 10.2. The fourth-order valence-corrected chi connectivity index (χ4v) is 3.25. The van der Waals surface area contributed by atoms with Gasteiger partial charge in [-0.3, -0.25) is 4.31 Å². The smallest absolute Gasteiger partial charge is 0.416 e. The number of alkyl halides is 3. The number of hydrogen-bond acceptors (Lipinski definition) is 3. The summed E-state index contributed by atoms with van der Waals surface area (Å²) in [4.78, 5) is -0.447. The molecule has 0 saturated carbocycles. The van der Waals surface area contributed by atoms with Crippen LogP contribution in [-0.2, 0) is 16.2 Å². The van der Waals surface area contributed by atoms with Crippen LogP contribution >= 0.6 is 0 Å². The van der Waals surface area contributed by atoms with Gasteiger partial charge in [-0.05, 0) is 42.5 Å². The van der Waals surface area contributed by atoms with Crippen LogP contribution in [0.1, 0.15) is 5.56 Å². The Hall–Kier alpha value is -2.66. The predicted molar refractivity (Wildman–Crippen MR) is 87.8 cm³/mol. The summed E-state index contributed by atoms with van der Waals surface area (Å²) in [5.41, 5.74) is -0.759. The zero-order chi connectivity index (χ0) is 18.7. The first-order valence-corrected chi connectivity index (χ1v) is 8.43. The van der Waals surface area contributed by atoms with E-state index in [0.717, 1.165) is 22.5 Å². The van der Waals surface area contributed by atoms with Gasteiger partial charge < -0.3 is 4.74 Å². The molecule has 0 bridgehead atoms. The van der Waals surface area contributed by atoms with Crippen LogP contribution in [0.2, 0.25) is 0 Å². The third kappa shape index (κ3) is 4.25. The second-order valence-corrected chi connectivity index (χ2v) is 6.95. The molecule has 0 saturated heterocycles. The topological polar surface area (TPSA) is 46.6 Å². The maximum absolute atomic E-state index is 12.8. The van der Waals surface area contributed by atoms with E-state index in [4.69, 9.17) is 11.2 Å². The summed E-state index contributed by atoms with van der Waals surface area (Å²) in [5.74, 6) is 2.75. The Labute approximate surface area is 143 Å². The van der Waals surface area contributed by atoms with Gasteiger partial charge in [-0.25, -0.2) is 8.42 Å². The molecule has 0 aromatic heterocycles. The highest BCUT2D eigenvalue weighted by Crippen LogP contribution is 2.32. The maximum atomic E-state index is 12.8. The van der Waals surface area contributed by atoms with Crippen molar-refractivity contribution < 1.29 is 26.3 Å². The van der Waals surface area contributed by atoms with E-state index in [0.29, 0.717) is 11.8 Å². The Bertz CT molecular complexity index is 885. The second-order valence-electron chi connectivity index (χ2n) is 4.98. The van der Waals surface area contributed by atoms with E-state index in [1.165, 1.54) is 31.3 Å². The van der Waals surface area contributed by atoms with Crippen molar-refractivity contribution in [2.75, 3.05) is 18.0 Å². The summed E-state index contributed by atoms with van der Waals surface area (Å²) >= 11 is 0. The molecular formula is C17H14F3NO3S. The normalized spacial score (nSPS) is 11.6. The predicted octanol–water partition coefficient (Wildman–Crippen LogP) is 3.54. The molecule has 25 heavy (non-hydrogen) atoms. The van der Waals surface area contributed by atoms with Crippen LogP contribution in [0.3, 0.4) is 0 Å². The largest absolute Gasteiger partial charge is 0.481 e. The van der Waals surface area contributed by atoms with Gasteiger partial charge >= 0.3 is 6.18 Å². The highest BCUT2D eigenvalue weighted by atomic mass is 32.2. The van der Waals surface area contributed by atoms with Crippen molar-refractivity contribution in [3.8, 4) is 18.1 Å². The van der Waals surface area contributed by atoms with E-state index in [9.17, 15) is 21.6 Å². The summed E-state index contributed by atoms with van der Waals surface area (Å²) in [6.45, 7) is 0.0672. The number of terminal acetylenes is 1. The summed E-state index contributed by atoms with van der Waals surface area (Å²) < 4.78 is 69.6. The molecule has 2 aromatic carbocycles. The molecule has 0 heterocycles. The first-order chi connectivity index (χ1) is 11.7. The summed E-state index contributed by atoms with van der Waals surface area (Å²) in [6.07, 6.45) is 0.451. The van der Waals surface area contributed by atoms with Gasteiger partial charge in [-0.1, -0.05) is 12.0 Å². The van der Waals surface area contributed by atoms with Crippen LogP contribution in [0.4, 0.5) is 18.9 Å². The molecule has 0 unspecified atom stereocenters. The number of nitrogens with zero attached hydrogens (tertiary/aromatic N) is 1. The molecule has 0 aliphatic carbocycles. The number of ether oxygens (including phenoxy) is 1. The Morgan fingerprint density at radius 2 is 1.80 bits per heavy atom. The number of hydrogen-bond donors (Lipinski definition) is 0. The molecular weight excluding hydrogens is 355 g/mol. The monoisotopic (exact) mass is 369 g/mol. The molecule has 2 aromatic rings. The fourth-order valence-electron chi connectivity index (χ4n) is 2.01. The highest BCUT2D eigenvalue weighted by Gasteiger charge is 2.32. The van der Waals surface area contributed by atoms with Crippen molar-refractivity contribution in [3.05, 3.63) is 54.1 Å². The summed E-state index contributed by atoms with van der Waals surface area (Å²) in [6, 6.07) is 9.57.